The number of hydrogen-bond acceptors (Lipinski definition) is 3. The van der Waals surface area contributed by atoms with Crippen molar-refractivity contribution in [2.75, 3.05) is 26.2 Å². The Morgan fingerprint density at radius 1 is 1.30 bits per heavy atom. The number of amides is 1. The van der Waals surface area contributed by atoms with Gasteiger partial charge in [0.05, 0.1) is 0 Å². The largest absolute Gasteiger partial charge is 0.484 e. The van der Waals surface area contributed by atoms with Crippen molar-refractivity contribution in [2.24, 2.45) is 0 Å². The zero-order valence-electron chi connectivity index (χ0n) is 12.4. The molecule has 0 radical (unpaired) electrons. The minimum Gasteiger partial charge on any atom is -0.484 e. The molecule has 2 N–H and O–H groups in total. The first-order valence-corrected chi connectivity index (χ1v) is 6.83. The number of hydrogen-bond donors (Lipinski definition) is 2. The maximum atomic E-state index is 11.5. The van der Waals surface area contributed by atoms with Crippen molar-refractivity contribution < 1.29 is 9.53 Å². The van der Waals surface area contributed by atoms with Crippen LogP contribution in [0.25, 0.3) is 0 Å². The van der Waals surface area contributed by atoms with E-state index in [1.807, 2.05) is 25.1 Å². The van der Waals surface area contributed by atoms with Crippen LogP contribution in [0.2, 0.25) is 0 Å². The highest BCUT2D eigenvalue weighted by atomic mass is 35.5. The lowest BCUT2D eigenvalue weighted by atomic mass is 10.0. The standard InChI is InChI=1S/C15H24N2O2.ClH/c1-4-16-8-9-17-15(18)11-19-14-7-5-6-13(10-14)12(2)3;/h5-7,10,12,16H,4,8-9,11H2,1-3H3,(H,17,18);1H. The van der Waals surface area contributed by atoms with E-state index in [4.69, 9.17) is 4.74 Å². The van der Waals surface area contributed by atoms with Crippen LogP contribution in [0.1, 0.15) is 32.3 Å². The third kappa shape index (κ3) is 7.36. The first-order valence-electron chi connectivity index (χ1n) is 6.83. The highest BCUT2D eigenvalue weighted by molar-refractivity contribution is 5.85. The highest BCUT2D eigenvalue weighted by Crippen LogP contribution is 2.19. The lowest BCUT2D eigenvalue weighted by Gasteiger charge is -2.10. The monoisotopic (exact) mass is 300 g/mol. The van der Waals surface area contributed by atoms with Gasteiger partial charge in [0.15, 0.2) is 6.61 Å². The molecule has 0 heterocycles. The molecule has 0 saturated heterocycles. The van der Waals surface area contributed by atoms with E-state index in [0.717, 1.165) is 18.8 Å². The zero-order chi connectivity index (χ0) is 14.1. The van der Waals surface area contributed by atoms with Crippen LogP contribution in [0.4, 0.5) is 0 Å². The van der Waals surface area contributed by atoms with Crippen molar-refractivity contribution in [3.63, 3.8) is 0 Å². The fourth-order valence-corrected chi connectivity index (χ4v) is 1.63. The molecule has 0 fully saturated rings. The Balaban J connectivity index is 0.00000361. The lowest BCUT2D eigenvalue weighted by molar-refractivity contribution is -0.123. The van der Waals surface area contributed by atoms with E-state index in [-0.39, 0.29) is 24.9 Å². The van der Waals surface area contributed by atoms with Crippen LogP contribution in [0, 0.1) is 0 Å². The average Bonchev–Trinajstić information content (AvgIpc) is 2.41. The van der Waals surface area contributed by atoms with Crippen LogP contribution < -0.4 is 15.4 Å². The number of likely N-dealkylation sites (N-methyl/N-ethyl adjacent to an activating group) is 1. The third-order valence-electron chi connectivity index (χ3n) is 2.77. The van der Waals surface area contributed by atoms with Crippen molar-refractivity contribution in [1.29, 1.82) is 0 Å². The van der Waals surface area contributed by atoms with Gasteiger partial charge in [-0.25, -0.2) is 0 Å². The van der Waals surface area contributed by atoms with Crippen molar-refractivity contribution in [3.8, 4) is 5.75 Å². The summed E-state index contributed by atoms with van der Waals surface area (Å²) >= 11 is 0. The molecular formula is C15H25ClN2O2. The van der Waals surface area contributed by atoms with Gasteiger partial charge in [0.25, 0.3) is 5.91 Å². The van der Waals surface area contributed by atoms with E-state index in [9.17, 15) is 4.79 Å². The van der Waals surface area contributed by atoms with Crippen molar-refractivity contribution in [1.82, 2.24) is 10.6 Å². The molecule has 1 amide bonds. The number of carbonyl (C=O) groups is 1. The second kappa shape index (κ2) is 10.5. The van der Waals surface area contributed by atoms with E-state index in [1.165, 1.54) is 5.56 Å². The van der Waals surface area contributed by atoms with Crippen LogP contribution in [0.3, 0.4) is 0 Å². The molecule has 0 bridgehead atoms. The molecule has 0 aliphatic carbocycles. The van der Waals surface area contributed by atoms with Gasteiger partial charge in [-0.05, 0) is 30.2 Å². The number of ether oxygens (including phenoxy) is 1. The summed E-state index contributed by atoms with van der Waals surface area (Å²) in [6.45, 7) is 8.68. The number of nitrogens with one attached hydrogen (secondary N) is 2. The summed E-state index contributed by atoms with van der Waals surface area (Å²) in [6.07, 6.45) is 0. The first-order chi connectivity index (χ1) is 9.13. The molecular weight excluding hydrogens is 276 g/mol. The van der Waals surface area contributed by atoms with E-state index >= 15 is 0 Å². The summed E-state index contributed by atoms with van der Waals surface area (Å²) in [5, 5.41) is 5.94. The van der Waals surface area contributed by atoms with Crippen LogP contribution in [0.15, 0.2) is 24.3 Å². The minimum atomic E-state index is -0.0900. The van der Waals surface area contributed by atoms with E-state index in [1.54, 1.807) is 0 Å². The quantitative estimate of drug-likeness (QED) is 0.725. The number of benzene rings is 1. The fourth-order valence-electron chi connectivity index (χ4n) is 1.63. The van der Waals surface area contributed by atoms with Gasteiger partial charge < -0.3 is 15.4 Å². The van der Waals surface area contributed by atoms with E-state index in [0.29, 0.717) is 12.5 Å². The molecule has 20 heavy (non-hydrogen) atoms. The Hall–Kier alpha value is -1.26. The number of carbonyl (C=O) groups excluding carboxylic acids is 1. The predicted octanol–water partition coefficient (Wildman–Crippen LogP) is 2.34. The third-order valence-corrected chi connectivity index (χ3v) is 2.77. The predicted molar refractivity (Wildman–Crippen MR) is 84.8 cm³/mol. The van der Waals surface area contributed by atoms with Gasteiger partial charge in [-0.15, -0.1) is 12.4 Å². The topological polar surface area (TPSA) is 50.4 Å². The Kier molecular flexibility index (Phi) is 9.86. The van der Waals surface area contributed by atoms with Crippen LogP contribution in [-0.4, -0.2) is 32.1 Å². The van der Waals surface area contributed by atoms with Crippen LogP contribution >= 0.6 is 12.4 Å². The van der Waals surface area contributed by atoms with E-state index in [2.05, 4.69) is 30.5 Å². The van der Waals surface area contributed by atoms with Crippen molar-refractivity contribution in [3.05, 3.63) is 29.8 Å². The molecule has 5 heteroatoms. The SMILES string of the molecule is CCNCCNC(=O)COc1cccc(C(C)C)c1.Cl. The summed E-state index contributed by atoms with van der Waals surface area (Å²) in [7, 11) is 0. The summed E-state index contributed by atoms with van der Waals surface area (Å²) in [5.74, 6) is 1.11. The van der Waals surface area contributed by atoms with Gasteiger partial charge in [0.1, 0.15) is 5.75 Å². The Morgan fingerprint density at radius 2 is 2.05 bits per heavy atom. The lowest BCUT2D eigenvalue weighted by Crippen LogP contribution is -2.34. The maximum absolute atomic E-state index is 11.5. The van der Waals surface area contributed by atoms with Crippen LogP contribution in [-0.2, 0) is 4.79 Å². The summed E-state index contributed by atoms with van der Waals surface area (Å²) in [5.41, 5.74) is 1.21. The normalized spacial score (nSPS) is 10.0. The summed E-state index contributed by atoms with van der Waals surface area (Å²) < 4.78 is 5.48. The zero-order valence-corrected chi connectivity index (χ0v) is 13.3. The molecule has 114 valence electrons. The summed E-state index contributed by atoms with van der Waals surface area (Å²) in [4.78, 5) is 11.5. The van der Waals surface area contributed by atoms with E-state index < -0.39 is 0 Å². The molecule has 0 atom stereocenters. The Bertz CT molecular complexity index is 397. The highest BCUT2D eigenvalue weighted by Gasteiger charge is 2.04. The van der Waals surface area contributed by atoms with Gasteiger partial charge in [0, 0.05) is 13.1 Å². The van der Waals surface area contributed by atoms with Crippen LogP contribution in [0.5, 0.6) is 5.75 Å². The Morgan fingerprint density at radius 3 is 2.70 bits per heavy atom. The number of rotatable bonds is 8. The van der Waals surface area contributed by atoms with Crippen molar-refractivity contribution >= 4 is 18.3 Å². The van der Waals surface area contributed by atoms with Gasteiger partial charge in [-0.1, -0.05) is 32.9 Å². The molecule has 0 aliphatic rings. The number of halogens is 1. The minimum absolute atomic E-state index is 0. The molecule has 0 aromatic heterocycles. The van der Waals surface area contributed by atoms with Gasteiger partial charge in [-0.2, -0.15) is 0 Å². The van der Waals surface area contributed by atoms with Gasteiger partial charge >= 0.3 is 0 Å². The average molecular weight is 301 g/mol. The molecule has 1 rings (SSSR count). The molecule has 1 aromatic carbocycles. The Labute approximate surface area is 127 Å². The smallest absolute Gasteiger partial charge is 0.257 e. The second-order valence-corrected chi connectivity index (χ2v) is 4.72. The fraction of sp³-hybridized carbons (Fsp3) is 0.533. The molecule has 0 spiro atoms. The molecule has 0 saturated carbocycles. The second-order valence-electron chi connectivity index (χ2n) is 4.72. The molecule has 0 unspecified atom stereocenters. The van der Waals surface area contributed by atoms with Crippen molar-refractivity contribution in [2.45, 2.75) is 26.7 Å². The van der Waals surface area contributed by atoms with Gasteiger partial charge in [0.2, 0.25) is 0 Å². The molecule has 4 nitrogen and oxygen atoms in total. The molecule has 1 aromatic rings. The first kappa shape index (κ1) is 18.7. The summed E-state index contributed by atoms with van der Waals surface area (Å²) in [6, 6.07) is 7.87. The maximum Gasteiger partial charge on any atom is 0.257 e. The van der Waals surface area contributed by atoms with Gasteiger partial charge in [-0.3, -0.25) is 4.79 Å². The molecule has 0 aliphatic heterocycles.